The minimum atomic E-state index is -4.91. The molecule has 0 rings (SSSR count). The fourth-order valence-corrected chi connectivity index (χ4v) is 2.24. The van der Waals surface area contributed by atoms with E-state index in [1.807, 2.05) is 0 Å². The molecule has 0 fully saturated rings. The number of halogens is 6. The van der Waals surface area contributed by atoms with Crippen LogP contribution >= 0.6 is 69.6 Å². The van der Waals surface area contributed by atoms with E-state index in [0.717, 1.165) is 0 Å². The smallest absolute Gasteiger partial charge is 0.283 e. The van der Waals surface area contributed by atoms with Gasteiger partial charge in [-0.2, -0.15) is 8.42 Å². The van der Waals surface area contributed by atoms with Gasteiger partial charge in [-0.1, -0.05) is 46.4 Å². The van der Waals surface area contributed by atoms with Gasteiger partial charge in [0.2, 0.25) is 0 Å². The molecule has 0 aromatic heterocycles. The van der Waals surface area contributed by atoms with Crippen molar-refractivity contribution in [3.8, 4) is 0 Å². The summed E-state index contributed by atoms with van der Waals surface area (Å²) in [6, 6.07) is 0. The first-order valence-electron chi connectivity index (χ1n) is 2.45. The molecule has 0 spiro atoms. The molecule has 13 heavy (non-hydrogen) atoms. The van der Waals surface area contributed by atoms with E-state index in [0.29, 0.717) is 0 Å². The van der Waals surface area contributed by atoms with E-state index in [2.05, 4.69) is 0 Å². The topological polar surface area (TPSA) is 54.4 Å². The van der Waals surface area contributed by atoms with Gasteiger partial charge in [-0.15, -0.1) is 23.2 Å². The Labute approximate surface area is 105 Å². The molecule has 0 heterocycles. The molecule has 0 aromatic rings. The summed E-state index contributed by atoms with van der Waals surface area (Å²) < 4.78 is 24.4. The molecule has 0 bridgehead atoms. The minimum absolute atomic E-state index is 1.60. The van der Waals surface area contributed by atoms with Crippen molar-refractivity contribution in [3.63, 3.8) is 0 Å². The molecule has 0 saturated carbocycles. The summed E-state index contributed by atoms with van der Waals surface area (Å²) in [5.74, 6) is 0. The van der Waals surface area contributed by atoms with E-state index in [4.69, 9.17) is 74.2 Å². The van der Waals surface area contributed by atoms with Crippen LogP contribution in [0.1, 0.15) is 0 Å². The predicted octanol–water partition coefficient (Wildman–Crippen LogP) is 2.98. The Morgan fingerprint density at radius 3 is 1.46 bits per heavy atom. The van der Waals surface area contributed by atoms with Gasteiger partial charge < -0.3 is 0 Å². The molecule has 0 saturated heterocycles. The molecule has 1 N–H and O–H groups in total. The van der Waals surface area contributed by atoms with Gasteiger partial charge in [0.25, 0.3) is 3.67 Å². The maximum atomic E-state index is 10.6. The molecule has 0 radical (unpaired) electrons. The largest absolute Gasteiger partial charge is 0.302 e. The third kappa shape index (κ3) is 2.82. The lowest BCUT2D eigenvalue weighted by molar-refractivity contribution is 0.470. The van der Waals surface area contributed by atoms with Crippen LogP contribution in [-0.4, -0.2) is 25.8 Å². The normalized spacial score (nSPS) is 15.1. The van der Waals surface area contributed by atoms with Gasteiger partial charge in [-0.05, 0) is 0 Å². The van der Waals surface area contributed by atoms with Crippen molar-refractivity contribution in [1.29, 1.82) is 0 Å². The van der Waals surface area contributed by atoms with Crippen LogP contribution in [0.25, 0.3) is 0 Å². The lowest BCUT2D eigenvalue weighted by atomic mass is 10.5. The Bertz CT molecular complexity index is 281. The van der Waals surface area contributed by atoms with Gasteiger partial charge in [-0.3, -0.25) is 4.55 Å². The molecule has 0 atom stereocenters. The first-order chi connectivity index (χ1) is 5.44. The van der Waals surface area contributed by atoms with Crippen LogP contribution in [0.15, 0.2) is 0 Å². The maximum Gasteiger partial charge on any atom is 0.302 e. The summed E-state index contributed by atoms with van der Waals surface area (Å²) in [5, 5.41) is 0. The highest BCUT2D eigenvalue weighted by atomic mass is 35.5. The summed E-state index contributed by atoms with van der Waals surface area (Å²) in [7, 11) is -4.91. The Kier molecular flexibility index (Phi) is 4.80. The highest BCUT2D eigenvalue weighted by Crippen LogP contribution is 2.50. The standard InChI is InChI=1S/C3H2Cl6O3S/c4-1(5)2(6,7)3(8,9)13(10,11)12/h1H,(H,10,11,12). The molecule has 0 aliphatic carbocycles. The molecular weight excluding hydrogens is 329 g/mol. The van der Waals surface area contributed by atoms with Crippen molar-refractivity contribution < 1.29 is 13.0 Å². The summed E-state index contributed by atoms with van der Waals surface area (Å²) in [6.07, 6.45) is 0. The highest BCUT2D eigenvalue weighted by Gasteiger charge is 2.60. The number of hydrogen-bond acceptors (Lipinski definition) is 2. The Morgan fingerprint density at radius 1 is 1.08 bits per heavy atom. The van der Waals surface area contributed by atoms with Crippen LogP contribution in [0.4, 0.5) is 0 Å². The van der Waals surface area contributed by atoms with Gasteiger partial charge in [0.15, 0.2) is 4.33 Å². The van der Waals surface area contributed by atoms with Crippen LogP contribution in [0.5, 0.6) is 0 Å². The van der Waals surface area contributed by atoms with Crippen molar-refractivity contribution in [1.82, 2.24) is 0 Å². The summed E-state index contributed by atoms with van der Waals surface area (Å²) in [6.45, 7) is 0. The van der Waals surface area contributed by atoms with E-state index in [1.165, 1.54) is 0 Å². The van der Waals surface area contributed by atoms with Gasteiger partial charge in [0.1, 0.15) is 4.84 Å². The Hall–Kier alpha value is 1.65. The van der Waals surface area contributed by atoms with E-state index in [1.54, 1.807) is 0 Å². The van der Waals surface area contributed by atoms with E-state index in [9.17, 15) is 8.42 Å². The molecule has 0 aliphatic rings. The average molecular weight is 331 g/mol. The van der Waals surface area contributed by atoms with Crippen LogP contribution in [0, 0.1) is 0 Å². The third-order valence-corrected chi connectivity index (χ3v) is 6.44. The average Bonchev–Trinajstić information content (AvgIpc) is 1.84. The molecule has 0 unspecified atom stereocenters. The van der Waals surface area contributed by atoms with Crippen molar-refractivity contribution in [2.45, 2.75) is 12.8 Å². The van der Waals surface area contributed by atoms with Gasteiger partial charge in [-0.25, -0.2) is 0 Å². The third-order valence-electron chi connectivity index (χ3n) is 0.986. The predicted molar refractivity (Wildman–Crippen MR) is 55.9 cm³/mol. The van der Waals surface area contributed by atoms with Crippen molar-refractivity contribution in [3.05, 3.63) is 0 Å². The lowest BCUT2D eigenvalue weighted by Crippen LogP contribution is -2.47. The first kappa shape index (κ1) is 14.6. The van der Waals surface area contributed by atoms with E-state index >= 15 is 0 Å². The first-order valence-corrected chi connectivity index (χ1v) is 6.28. The van der Waals surface area contributed by atoms with E-state index in [-0.39, 0.29) is 0 Å². The lowest BCUT2D eigenvalue weighted by Gasteiger charge is -2.30. The molecule has 0 aliphatic heterocycles. The number of hydrogen-bond donors (Lipinski definition) is 1. The fourth-order valence-electron chi connectivity index (χ4n) is 0.299. The van der Waals surface area contributed by atoms with Crippen LogP contribution in [0.3, 0.4) is 0 Å². The van der Waals surface area contributed by atoms with Crippen molar-refractivity contribution in [2.24, 2.45) is 0 Å². The molecule has 80 valence electrons. The second-order valence-electron chi connectivity index (χ2n) is 1.92. The summed E-state index contributed by atoms with van der Waals surface area (Å²) in [4.78, 5) is -1.60. The van der Waals surface area contributed by atoms with Crippen molar-refractivity contribution in [2.75, 3.05) is 0 Å². The van der Waals surface area contributed by atoms with Crippen LogP contribution in [-0.2, 0) is 10.1 Å². The van der Waals surface area contributed by atoms with Crippen molar-refractivity contribution >= 4 is 79.7 Å². The SMILES string of the molecule is O=S(=O)(O)C(Cl)(Cl)C(Cl)(Cl)C(Cl)Cl. The molecule has 0 amide bonds. The summed E-state index contributed by atoms with van der Waals surface area (Å²) in [5.41, 5.74) is 0. The second-order valence-corrected chi connectivity index (χ2v) is 7.74. The van der Waals surface area contributed by atoms with E-state index < -0.39 is 23.0 Å². The molecule has 0 aromatic carbocycles. The van der Waals surface area contributed by atoms with Crippen LogP contribution < -0.4 is 0 Å². The minimum Gasteiger partial charge on any atom is -0.283 e. The van der Waals surface area contributed by atoms with Gasteiger partial charge in [0.05, 0.1) is 0 Å². The maximum absolute atomic E-state index is 10.6. The zero-order valence-electron chi connectivity index (χ0n) is 5.52. The number of rotatable bonds is 3. The van der Waals surface area contributed by atoms with Gasteiger partial charge >= 0.3 is 10.1 Å². The van der Waals surface area contributed by atoms with Gasteiger partial charge in [0, 0.05) is 0 Å². The van der Waals surface area contributed by atoms with Crippen LogP contribution in [0.2, 0.25) is 0 Å². The zero-order chi connectivity index (χ0) is 11.1. The molecule has 10 heteroatoms. The second kappa shape index (κ2) is 4.26. The Morgan fingerprint density at radius 2 is 1.38 bits per heavy atom. The zero-order valence-corrected chi connectivity index (χ0v) is 10.9. The monoisotopic (exact) mass is 328 g/mol. The summed E-state index contributed by atoms with van der Waals surface area (Å²) >= 11 is 31.5. The Balaban J connectivity index is 5.29. The number of alkyl halides is 6. The molecular formula is C3H2Cl6O3S. The molecule has 3 nitrogen and oxygen atoms in total. The quantitative estimate of drug-likeness (QED) is 0.639. The highest BCUT2D eigenvalue weighted by molar-refractivity contribution is 7.90. The fraction of sp³-hybridized carbons (Fsp3) is 1.00.